The fraction of sp³-hybridized carbons (Fsp3) is 0.154. The molecule has 0 radical (unpaired) electrons. The van der Waals surface area contributed by atoms with Gasteiger partial charge in [0.1, 0.15) is 35.3 Å². The van der Waals surface area contributed by atoms with E-state index >= 15 is 0 Å². The van der Waals surface area contributed by atoms with Crippen molar-refractivity contribution in [1.29, 1.82) is 0 Å². The van der Waals surface area contributed by atoms with E-state index in [0.29, 0.717) is 0 Å². The van der Waals surface area contributed by atoms with E-state index in [0.717, 1.165) is 24.3 Å². The molecular weight excluding hydrogens is 503 g/mol. The summed E-state index contributed by atoms with van der Waals surface area (Å²) in [6.07, 6.45) is -5.11. The lowest BCUT2D eigenvalue weighted by Crippen LogP contribution is -2.15. The molecule has 3 aromatic carbocycles. The Labute approximate surface area is 205 Å². The van der Waals surface area contributed by atoms with Crippen molar-refractivity contribution in [3.63, 3.8) is 0 Å². The fourth-order valence-electron chi connectivity index (χ4n) is 3.34. The van der Waals surface area contributed by atoms with Gasteiger partial charge in [0.15, 0.2) is 0 Å². The lowest BCUT2D eigenvalue weighted by Gasteiger charge is -2.14. The molecule has 1 heterocycles. The van der Waals surface area contributed by atoms with Crippen molar-refractivity contribution in [1.82, 2.24) is 0 Å². The van der Waals surface area contributed by atoms with Gasteiger partial charge in [-0.1, -0.05) is 6.07 Å². The van der Waals surface area contributed by atoms with Crippen LogP contribution < -0.4 is 14.9 Å². The van der Waals surface area contributed by atoms with Gasteiger partial charge < -0.3 is 18.6 Å². The highest BCUT2D eigenvalue weighted by molar-refractivity contribution is 5.89. The predicted octanol–water partition coefficient (Wildman–Crippen LogP) is 6.64. The van der Waals surface area contributed by atoms with Gasteiger partial charge >= 0.3 is 12.1 Å². The SMILES string of the molecule is CCOC(=O)c1ccc(Oc2c(C(F)(F)F)oc3cc(OCc4c(F)cccc4F)ccc3c2=O)cc1. The van der Waals surface area contributed by atoms with Crippen molar-refractivity contribution in [3.8, 4) is 17.2 Å². The average Bonchev–Trinajstić information content (AvgIpc) is 2.85. The molecule has 0 fully saturated rings. The molecule has 0 spiro atoms. The maximum absolute atomic E-state index is 13.8. The first-order valence-electron chi connectivity index (χ1n) is 10.8. The second-order valence-electron chi connectivity index (χ2n) is 7.58. The van der Waals surface area contributed by atoms with Crippen molar-refractivity contribution >= 4 is 16.9 Å². The van der Waals surface area contributed by atoms with Gasteiger partial charge in [-0.3, -0.25) is 4.79 Å². The molecule has 0 unspecified atom stereocenters. The second kappa shape index (κ2) is 10.3. The molecule has 37 heavy (non-hydrogen) atoms. The van der Waals surface area contributed by atoms with Crippen LogP contribution >= 0.6 is 0 Å². The van der Waals surface area contributed by atoms with Crippen molar-refractivity contribution < 1.29 is 45.4 Å². The first-order valence-corrected chi connectivity index (χ1v) is 10.8. The number of alkyl halides is 3. The van der Waals surface area contributed by atoms with E-state index in [1.54, 1.807) is 6.92 Å². The number of carbonyl (C=O) groups is 1. The smallest absolute Gasteiger partial charge is 0.453 e. The summed E-state index contributed by atoms with van der Waals surface area (Å²) in [7, 11) is 0. The molecule has 0 saturated carbocycles. The molecule has 0 bridgehead atoms. The number of rotatable bonds is 7. The van der Waals surface area contributed by atoms with Gasteiger partial charge in [-0.15, -0.1) is 0 Å². The van der Waals surface area contributed by atoms with Crippen molar-refractivity contribution in [2.45, 2.75) is 19.7 Å². The van der Waals surface area contributed by atoms with Crippen LogP contribution in [0.15, 0.2) is 69.9 Å². The quantitative estimate of drug-likeness (QED) is 0.201. The highest BCUT2D eigenvalue weighted by Gasteiger charge is 2.40. The van der Waals surface area contributed by atoms with Crippen molar-refractivity contribution in [2.75, 3.05) is 6.61 Å². The molecule has 4 aromatic rings. The molecule has 0 saturated heterocycles. The summed E-state index contributed by atoms with van der Waals surface area (Å²) in [5.74, 6) is -5.40. The Bertz CT molecular complexity index is 1490. The van der Waals surface area contributed by atoms with Gasteiger partial charge in [0.25, 0.3) is 5.76 Å². The number of halogens is 5. The molecule has 0 aliphatic rings. The van der Waals surface area contributed by atoms with Crippen molar-refractivity contribution in [2.24, 2.45) is 0 Å². The molecule has 0 amide bonds. The third-order valence-corrected chi connectivity index (χ3v) is 5.11. The number of ether oxygens (including phenoxy) is 3. The third-order valence-electron chi connectivity index (χ3n) is 5.11. The summed E-state index contributed by atoms with van der Waals surface area (Å²) in [4.78, 5) is 24.7. The summed E-state index contributed by atoms with van der Waals surface area (Å²) in [6.45, 7) is 1.20. The van der Waals surface area contributed by atoms with Crippen LogP contribution in [0.2, 0.25) is 0 Å². The summed E-state index contributed by atoms with van der Waals surface area (Å²) in [5.41, 5.74) is -1.83. The second-order valence-corrected chi connectivity index (χ2v) is 7.58. The molecule has 0 aliphatic carbocycles. The zero-order valence-electron chi connectivity index (χ0n) is 19.0. The van der Waals surface area contributed by atoms with Crippen LogP contribution in [0.1, 0.15) is 28.6 Å². The molecule has 0 atom stereocenters. The van der Waals surface area contributed by atoms with E-state index in [2.05, 4.69) is 0 Å². The zero-order chi connectivity index (χ0) is 26.7. The van der Waals surface area contributed by atoms with E-state index in [4.69, 9.17) is 18.6 Å². The Morgan fingerprint density at radius 1 is 0.946 bits per heavy atom. The van der Waals surface area contributed by atoms with Crippen LogP contribution in [0.25, 0.3) is 11.0 Å². The molecule has 0 N–H and O–H groups in total. The summed E-state index contributed by atoms with van der Waals surface area (Å²) >= 11 is 0. The molecule has 11 heteroatoms. The summed E-state index contributed by atoms with van der Waals surface area (Å²) < 4.78 is 89.4. The molecule has 192 valence electrons. The summed E-state index contributed by atoms with van der Waals surface area (Å²) in [5, 5.41) is -0.254. The number of hydrogen-bond donors (Lipinski definition) is 0. The van der Waals surface area contributed by atoms with E-state index in [1.807, 2.05) is 0 Å². The lowest BCUT2D eigenvalue weighted by molar-refractivity contribution is -0.154. The van der Waals surface area contributed by atoms with E-state index in [1.165, 1.54) is 36.4 Å². The Hall–Kier alpha value is -4.41. The number of fused-ring (bicyclic) bond motifs is 1. The fourth-order valence-corrected chi connectivity index (χ4v) is 3.34. The number of carbonyl (C=O) groups excluding carboxylic acids is 1. The van der Waals surface area contributed by atoms with Gasteiger partial charge in [0.2, 0.25) is 11.2 Å². The Balaban J connectivity index is 1.67. The Morgan fingerprint density at radius 2 is 1.59 bits per heavy atom. The van der Waals surface area contributed by atoms with E-state index < -0.39 is 52.9 Å². The molecule has 0 aliphatic heterocycles. The third kappa shape index (κ3) is 5.55. The highest BCUT2D eigenvalue weighted by Crippen LogP contribution is 2.38. The highest BCUT2D eigenvalue weighted by atomic mass is 19.4. The van der Waals surface area contributed by atoms with Gasteiger partial charge in [0, 0.05) is 6.07 Å². The van der Waals surface area contributed by atoms with Gasteiger partial charge in [-0.25, -0.2) is 13.6 Å². The van der Waals surface area contributed by atoms with Crippen LogP contribution in [0.3, 0.4) is 0 Å². The maximum Gasteiger partial charge on any atom is 0.453 e. The minimum absolute atomic E-state index is 0.0883. The van der Waals surface area contributed by atoms with Crippen LogP contribution in [0, 0.1) is 11.6 Å². The molecular formula is C26H17F5O6. The summed E-state index contributed by atoms with van der Waals surface area (Å²) in [6, 6.07) is 11.6. The Kier molecular flexibility index (Phi) is 7.14. The zero-order valence-corrected chi connectivity index (χ0v) is 19.0. The van der Waals surface area contributed by atoms with Crippen LogP contribution in [0.5, 0.6) is 17.2 Å². The van der Waals surface area contributed by atoms with Crippen LogP contribution in [0.4, 0.5) is 22.0 Å². The van der Waals surface area contributed by atoms with E-state index in [-0.39, 0.29) is 34.6 Å². The number of benzene rings is 3. The first-order chi connectivity index (χ1) is 17.6. The first kappa shape index (κ1) is 25.7. The molecule has 6 nitrogen and oxygen atoms in total. The standard InChI is InChI=1S/C26H17F5O6/c1-2-34-25(33)14-6-8-15(9-7-14)36-23-22(32)17-11-10-16(12-21(17)37-24(23)26(29,30)31)35-13-18-19(27)4-3-5-20(18)28/h3-12H,2,13H2,1H3. The number of esters is 1. The number of hydrogen-bond acceptors (Lipinski definition) is 6. The van der Waals surface area contributed by atoms with Crippen LogP contribution in [-0.2, 0) is 17.5 Å². The van der Waals surface area contributed by atoms with Crippen molar-refractivity contribution in [3.05, 3.63) is 99.4 Å². The normalized spacial score (nSPS) is 11.4. The van der Waals surface area contributed by atoms with Crippen LogP contribution in [-0.4, -0.2) is 12.6 Å². The largest absolute Gasteiger partial charge is 0.489 e. The molecule has 1 aromatic heterocycles. The minimum atomic E-state index is -5.11. The topological polar surface area (TPSA) is 75.0 Å². The Morgan fingerprint density at radius 3 is 2.22 bits per heavy atom. The minimum Gasteiger partial charge on any atom is -0.489 e. The lowest BCUT2D eigenvalue weighted by atomic mass is 10.2. The van der Waals surface area contributed by atoms with Gasteiger partial charge in [0.05, 0.1) is 23.1 Å². The maximum atomic E-state index is 13.8. The van der Waals surface area contributed by atoms with Gasteiger partial charge in [-0.2, -0.15) is 13.2 Å². The molecule has 4 rings (SSSR count). The monoisotopic (exact) mass is 520 g/mol. The van der Waals surface area contributed by atoms with Gasteiger partial charge in [-0.05, 0) is 55.5 Å². The average molecular weight is 520 g/mol. The predicted molar refractivity (Wildman–Crippen MR) is 121 cm³/mol. The van der Waals surface area contributed by atoms with E-state index in [9.17, 15) is 31.5 Å².